The Labute approximate surface area is 215 Å². The molecule has 1 heterocycles. The molecule has 1 fully saturated rings. The van der Waals surface area contributed by atoms with E-state index in [0.717, 1.165) is 58.2 Å². The minimum absolute atomic E-state index is 0.155. The molecule has 1 radical (unpaired) electrons. The van der Waals surface area contributed by atoms with Crippen molar-refractivity contribution in [2.24, 2.45) is 11.3 Å². The molecule has 1 N–H and O–H groups in total. The van der Waals surface area contributed by atoms with E-state index in [-0.39, 0.29) is 11.3 Å². The molecule has 1 saturated carbocycles. The number of allylic oxidation sites excluding steroid dienone is 1. The Balaban J connectivity index is 1.89. The van der Waals surface area contributed by atoms with Crippen LogP contribution in [0.4, 0.5) is 24.8 Å². The van der Waals surface area contributed by atoms with Gasteiger partial charge in [-0.1, -0.05) is 58.1 Å². The molecule has 203 valence electrons. The van der Waals surface area contributed by atoms with Crippen molar-refractivity contribution in [1.82, 2.24) is 15.3 Å². The van der Waals surface area contributed by atoms with Gasteiger partial charge in [-0.15, -0.1) is 0 Å². The highest BCUT2D eigenvalue weighted by Crippen LogP contribution is 2.42. The van der Waals surface area contributed by atoms with E-state index >= 15 is 0 Å². The van der Waals surface area contributed by atoms with Crippen LogP contribution in [0.2, 0.25) is 0 Å². The largest absolute Gasteiger partial charge is 0.451 e. The van der Waals surface area contributed by atoms with Crippen LogP contribution in [0.15, 0.2) is 17.7 Å². The summed E-state index contributed by atoms with van der Waals surface area (Å²) in [6, 6.07) is 1.77. The standard InChI is InChI=1S/C28H45F3N5/c1-5-13-27(14-9-8-10-15-27)21-36(17-7-3)25-18-24(33-26(34-25)28(29,30)31)35(4)20-23(22-11-12-22)19-32-16-6-2/h11-12,18,23,32H,5-10,13-17,19-21H2,1-4H3. The van der Waals surface area contributed by atoms with Crippen LogP contribution in [-0.4, -0.2) is 49.7 Å². The first-order valence-corrected chi connectivity index (χ1v) is 13.9. The molecule has 2 aliphatic rings. The van der Waals surface area contributed by atoms with Gasteiger partial charge in [0, 0.05) is 51.6 Å². The molecule has 1 aromatic rings. The van der Waals surface area contributed by atoms with E-state index in [0.29, 0.717) is 24.7 Å². The Bertz CT molecular complexity index is 843. The molecule has 2 aliphatic carbocycles. The van der Waals surface area contributed by atoms with Crippen LogP contribution in [0.5, 0.6) is 0 Å². The predicted molar refractivity (Wildman–Crippen MR) is 142 cm³/mol. The van der Waals surface area contributed by atoms with Gasteiger partial charge in [0.25, 0.3) is 0 Å². The first-order valence-electron chi connectivity index (χ1n) is 13.9. The van der Waals surface area contributed by atoms with Gasteiger partial charge < -0.3 is 15.1 Å². The van der Waals surface area contributed by atoms with E-state index in [1.54, 1.807) is 6.07 Å². The molecule has 0 saturated heterocycles. The SMILES string of the molecule is CCCNCC(CN(C)c1cc(N(CCC)CC2(CCC)CCCCC2)nc(C(F)(F)F)n1)C1=C[CH]1. The summed E-state index contributed by atoms with van der Waals surface area (Å²) in [4.78, 5) is 12.0. The zero-order chi connectivity index (χ0) is 26.2. The molecular weight excluding hydrogens is 463 g/mol. The van der Waals surface area contributed by atoms with Crippen molar-refractivity contribution in [2.75, 3.05) is 49.6 Å². The lowest BCUT2D eigenvalue weighted by Crippen LogP contribution is -2.40. The van der Waals surface area contributed by atoms with Gasteiger partial charge in [0.15, 0.2) is 0 Å². The van der Waals surface area contributed by atoms with Crippen LogP contribution < -0.4 is 15.1 Å². The maximum atomic E-state index is 13.9. The molecule has 0 aliphatic heterocycles. The summed E-state index contributed by atoms with van der Waals surface area (Å²) in [7, 11) is 1.84. The maximum absolute atomic E-state index is 13.9. The fraction of sp³-hybridized carbons (Fsp3) is 0.750. The van der Waals surface area contributed by atoms with Crippen molar-refractivity contribution in [2.45, 2.75) is 84.7 Å². The van der Waals surface area contributed by atoms with Gasteiger partial charge in [-0.25, -0.2) is 9.97 Å². The van der Waals surface area contributed by atoms with Gasteiger partial charge in [-0.3, -0.25) is 0 Å². The highest BCUT2D eigenvalue weighted by Gasteiger charge is 2.38. The lowest BCUT2D eigenvalue weighted by atomic mass is 9.71. The third-order valence-corrected chi connectivity index (χ3v) is 7.52. The number of alkyl halides is 3. The Morgan fingerprint density at radius 3 is 2.31 bits per heavy atom. The van der Waals surface area contributed by atoms with Gasteiger partial charge in [-0.05, 0) is 44.1 Å². The Kier molecular flexibility index (Phi) is 10.5. The summed E-state index contributed by atoms with van der Waals surface area (Å²) in [5.74, 6) is -0.0894. The number of hydrogen-bond donors (Lipinski definition) is 1. The Morgan fingerprint density at radius 2 is 1.72 bits per heavy atom. The van der Waals surface area contributed by atoms with Crippen molar-refractivity contribution in [3.8, 4) is 0 Å². The Hall–Kier alpha value is -1.83. The molecular formula is C28H45F3N5. The second-order valence-corrected chi connectivity index (χ2v) is 10.8. The van der Waals surface area contributed by atoms with Gasteiger partial charge >= 0.3 is 6.18 Å². The van der Waals surface area contributed by atoms with Gasteiger partial charge in [0.1, 0.15) is 11.6 Å². The zero-order valence-electron chi connectivity index (χ0n) is 22.6. The normalized spacial score (nSPS) is 18.0. The van der Waals surface area contributed by atoms with E-state index in [4.69, 9.17) is 0 Å². The Morgan fingerprint density at radius 1 is 1.03 bits per heavy atom. The van der Waals surface area contributed by atoms with Crippen molar-refractivity contribution < 1.29 is 13.2 Å². The number of anilines is 2. The number of nitrogens with one attached hydrogen (secondary N) is 1. The van der Waals surface area contributed by atoms with E-state index in [1.165, 1.54) is 24.8 Å². The van der Waals surface area contributed by atoms with Crippen LogP contribution in [0.3, 0.4) is 0 Å². The summed E-state index contributed by atoms with van der Waals surface area (Å²) >= 11 is 0. The number of rotatable bonds is 15. The summed E-state index contributed by atoms with van der Waals surface area (Å²) in [5.41, 5.74) is 1.41. The van der Waals surface area contributed by atoms with Crippen LogP contribution in [0.1, 0.15) is 84.4 Å². The second-order valence-electron chi connectivity index (χ2n) is 10.8. The molecule has 3 rings (SSSR count). The fourth-order valence-electron chi connectivity index (χ4n) is 5.66. The smallest absolute Gasteiger partial charge is 0.359 e. The van der Waals surface area contributed by atoms with E-state index in [2.05, 4.69) is 53.5 Å². The topological polar surface area (TPSA) is 44.3 Å². The summed E-state index contributed by atoms with van der Waals surface area (Å²) < 4.78 is 41.8. The lowest BCUT2D eigenvalue weighted by molar-refractivity contribution is -0.144. The van der Waals surface area contributed by atoms with Crippen molar-refractivity contribution in [3.63, 3.8) is 0 Å². The molecule has 1 unspecified atom stereocenters. The molecule has 8 heteroatoms. The van der Waals surface area contributed by atoms with E-state index in [9.17, 15) is 13.2 Å². The van der Waals surface area contributed by atoms with Crippen LogP contribution in [0, 0.1) is 17.8 Å². The third-order valence-electron chi connectivity index (χ3n) is 7.52. The summed E-state index contributed by atoms with van der Waals surface area (Å²) in [5, 5.41) is 3.45. The average Bonchev–Trinajstić information content (AvgIpc) is 3.69. The van der Waals surface area contributed by atoms with E-state index < -0.39 is 12.0 Å². The quantitative estimate of drug-likeness (QED) is 0.269. The predicted octanol–water partition coefficient (Wildman–Crippen LogP) is 6.66. The highest BCUT2D eigenvalue weighted by molar-refractivity contribution is 5.52. The van der Waals surface area contributed by atoms with Crippen molar-refractivity contribution in [1.29, 1.82) is 0 Å². The van der Waals surface area contributed by atoms with E-state index in [1.807, 2.05) is 11.9 Å². The van der Waals surface area contributed by atoms with Crippen molar-refractivity contribution >= 4 is 11.6 Å². The molecule has 0 aromatic carbocycles. The zero-order valence-corrected chi connectivity index (χ0v) is 22.6. The highest BCUT2D eigenvalue weighted by atomic mass is 19.4. The monoisotopic (exact) mass is 508 g/mol. The summed E-state index contributed by atoms with van der Waals surface area (Å²) in [6.07, 6.45) is 9.60. The first-order chi connectivity index (χ1) is 17.2. The molecule has 1 aromatic heterocycles. The van der Waals surface area contributed by atoms with Gasteiger partial charge in [-0.2, -0.15) is 13.2 Å². The minimum Gasteiger partial charge on any atom is -0.359 e. The fourth-order valence-corrected chi connectivity index (χ4v) is 5.66. The maximum Gasteiger partial charge on any atom is 0.451 e. The number of halogens is 3. The van der Waals surface area contributed by atoms with Gasteiger partial charge in [0.05, 0.1) is 0 Å². The summed E-state index contributed by atoms with van der Waals surface area (Å²) in [6.45, 7) is 10.2. The number of nitrogens with zero attached hydrogens (tertiary/aromatic N) is 4. The molecule has 1 atom stereocenters. The number of hydrogen-bond acceptors (Lipinski definition) is 5. The van der Waals surface area contributed by atoms with Crippen LogP contribution >= 0.6 is 0 Å². The van der Waals surface area contributed by atoms with Gasteiger partial charge in [0.2, 0.25) is 5.82 Å². The minimum atomic E-state index is -4.59. The third kappa shape index (κ3) is 8.09. The van der Waals surface area contributed by atoms with Crippen LogP contribution in [-0.2, 0) is 6.18 Å². The van der Waals surface area contributed by atoms with Crippen molar-refractivity contribution in [3.05, 3.63) is 30.0 Å². The second kappa shape index (κ2) is 13.1. The average molecular weight is 509 g/mol. The molecule has 0 amide bonds. The molecule has 36 heavy (non-hydrogen) atoms. The molecule has 0 bridgehead atoms. The lowest BCUT2D eigenvalue weighted by Gasteiger charge is -2.42. The van der Waals surface area contributed by atoms with Crippen LogP contribution in [0.25, 0.3) is 0 Å². The number of aromatic nitrogens is 2. The molecule has 5 nitrogen and oxygen atoms in total. The first kappa shape index (κ1) is 28.7. The molecule has 0 spiro atoms.